The van der Waals surface area contributed by atoms with Gasteiger partial charge in [0.15, 0.2) is 5.82 Å². The van der Waals surface area contributed by atoms with Crippen LogP contribution < -0.4 is 20.7 Å². The molecule has 178 valence electrons. The number of amides is 1. The lowest BCUT2D eigenvalue weighted by Gasteiger charge is -2.14. The molecule has 9 nitrogen and oxygen atoms in total. The van der Waals surface area contributed by atoms with Crippen LogP contribution in [0.3, 0.4) is 0 Å². The zero-order chi connectivity index (χ0) is 24.5. The molecule has 1 aliphatic carbocycles. The molecule has 0 atom stereocenters. The summed E-state index contributed by atoms with van der Waals surface area (Å²) in [5, 5.41) is 8.15. The van der Waals surface area contributed by atoms with Crippen LogP contribution in [0.1, 0.15) is 23.2 Å². The molecular weight excluding hydrogens is 490 g/mol. The third kappa shape index (κ3) is 5.88. The Hall–Kier alpha value is -3.51. The summed E-state index contributed by atoms with van der Waals surface area (Å²) in [6.07, 6.45) is 3.87. The molecule has 4 N–H and O–H groups in total. The smallest absolute Gasteiger partial charge is 0.254 e. The Kier molecular flexibility index (Phi) is 6.53. The van der Waals surface area contributed by atoms with Gasteiger partial charge in [0.2, 0.25) is 16.0 Å². The normalized spacial score (nSPS) is 13.3. The van der Waals surface area contributed by atoms with Crippen molar-refractivity contribution in [2.75, 3.05) is 21.6 Å². The summed E-state index contributed by atoms with van der Waals surface area (Å²) in [4.78, 5) is 20.2. The largest absolute Gasteiger partial charge is 0.349 e. The SMILES string of the molecule is CS(=O)(=O)Nc1ccccc1Nc1nc(Nc2cc(F)c(C(=O)NC3CC3)cc2F)ncc1Cl. The van der Waals surface area contributed by atoms with E-state index in [1.165, 1.54) is 12.3 Å². The van der Waals surface area contributed by atoms with E-state index < -0.39 is 33.1 Å². The predicted octanol–water partition coefficient (Wildman–Crippen LogP) is 4.16. The highest BCUT2D eigenvalue weighted by Crippen LogP contribution is 2.30. The van der Waals surface area contributed by atoms with Crippen molar-refractivity contribution in [3.05, 3.63) is 64.8 Å². The van der Waals surface area contributed by atoms with E-state index in [4.69, 9.17) is 11.6 Å². The van der Waals surface area contributed by atoms with Crippen molar-refractivity contribution >= 4 is 56.4 Å². The molecule has 0 radical (unpaired) electrons. The third-order valence-electron chi connectivity index (χ3n) is 4.68. The van der Waals surface area contributed by atoms with E-state index in [0.717, 1.165) is 31.2 Å². The fourth-order valence-corrected chi connectivity index (χ4v) is 3.67. The number of benzene rings is 2. The number of halogens is 3. The molecule has 3 aromatic rings. The van der Waals surface area contributed by atoms with Crippen molar-refractivity contribution in [2.24, 2.45) is 0 Å². The molecule has 1 amide bonds. The predicted molar refractivity (Wildman–Crippen MR) is 125 cm³/mol. The van der Waals surface area contributed by atoms with Gasteiger partial charge in [0, 0.05) is 12.1 Å². The summed E-state index contributed by atoms with van der Waals surface area (Å²) < 4.78 is 54.7. The minimum absolute atomic E-state index is 0.00100. The first-order valence-electron chi connectivity index (χ1n) is 10.0. The Morgan fingerprint density at radius 1 is 1.06 bits per heavy atom. The molecular formula is C21H19ClF2N6O3S. The molecule has 1 heterocycles. The van der Waals surface area contributed by atoms with Crippen LogP contribution in [0.15, 0.2) is 42.6 Å². The maximum atomic E-state index is 14.6. The van der Waals surface area contributed by atoms with Crippen molar-refractivity contribution in [3.63, 3.8) is 0 Å². The summed E-state index contributed by atoms with van der Waals surface area (Å²) in [6, 6.07) is 8.09. The maximum absolute atomic E-state index is 14.6. The van der Waals surface area contributed by atoms with Crippen LogP contribution in [0, 0.1) is 11.6 Å². The Morgan fingerprint density at radius 3 is 2.44 bits per heavy atom. The number of para-hydroxylation sites is 2. The van der Waals surface area contributed by atoms with E-state index in [9.17, 15) is 22.0 Å². The fourth-order valence-electron chi connectivity index (χ4n) is 2.95. The topological polar surface area (TPSA) is 125 Å². The lowest BCUT2D eigenvalue weighted by Crippen LogP contribution is -2.26. The molecule has 0 unspecified atom stereocenters. The summed E-state index contributed by atoms with van der Waals surface area (Å²) >= 11 is 6.16. The fraction of sp³-hybridized carbons (Fsp3) is 0.190. The molecule has 1 aromatic heterocycles. The Morgan fingerprint density at radius 2 is 1.76 bits per heavy atom. The van der Waals surface area contributed by atoms with E-state index in [2.05, 4.69) is 30.6 Å². The summed E-state index contributed by atoms with van der Waals surface area (Å²) in [5.41, 5.74) is -0.0812. The van der Waals surface area contributed by atoms with Gasteiger partial charge < -0.3 is 16.0 Å². The Bertz CT molecular complexity index is 1370. The first-order chi connectivity index (χ1) is 16.1. The average Bonchev–Trinajstić information content (AvgIpc) is 3.57. The molecule has 4 rings (SSSR count). The highest BCUT2D eigenvalue weighted by atomic mass is 35.5. The van der Waals surface area contributed by atoms with Crippen molar-refractivity contribution in [2.45, 2.75) is 18.9 Å². The molecule has 0 bridgehead atoms. The van der Waals surface area contributed by atoms with Gasteiger partial charge in [-0.15, -0.1) is 0 Å². The second-order valence-electron chi connectivity index (χ2n) is 7.62. The lowest BCUT2D eigenvalue weighted by atomic mass is 10.1. The minimum Gasteiger partial charge on any atom is -0.349 e. The molecule has 0 saturated heterocycles. The molecule has 13 heteroatoms. The standard InChI is InChI=1S/C21H19ClF2N6O3S/c1-34(32,33)30-17-5-3-2-4-16(17)27-19-13(22)10-25-21(29-19)28-18-9-14(23)12(8-15(18)24)20(31)26-11-6-7-11/h2-5,8-11,30H,6-7H2,1H3,(H,26,31)(H2,25,27,28,29). The van der Waals surface area contributed by atoms with Gasteiger partial charge in [0.1, 0.15) is 16.7 Å². The van der Waals surface area contributed by atoms with Gasteiger partial charge in [-0.3, -0.25) is 9.52 Å². The number of sulfonamides is 1. The molecule has 1 aliphatic rings. The van der Waals surface area contributed by atoms with Gasteiger partial charge in [0.25, 0.3) is 5.91 Å². The van der Waals surface area contributed by atoms with Crippen molar-refractivity contribution in [1.82, 2.24) is 15.3 Å². The van der Waals surface area contributed by atoms with Crippen molar-refractivity contribution in [1.29, 1.82) is 0 Å². The number of rotatable bonds is 8. The van der Waals surface area contributed by atoms with E-state index in [1.54, 1.807) is 18.2 Å². The molecule has 0 aliphatic heterocycles. The lowest BCUT2D eigenvalue weighted by molar-refractivity contribution is 0.0946. The first kappa shape index (κ1) is 23.6. The highest BCUT2D eigenvalue weighted by molar-refractivity contribution is 7.92. The average molecular weight is 509 g/mol. The quantitative estimate of drug-likeness (QED) is 0.360. The van der Waals surface area contributed by atoms with E-state index in [-0.39, 0.29) is 34.2 Å². The van der Waals surface area contributed by atoms with E-state index in [1.807, 2.05) is 0 Å². The van der Waals surface area contributed by atoms with Gasteiger partial charge >= 0.3 is 0 Å². The van der Waals surface area contributed by atoms with Crippen LogP contribution in [0.4, 0.5) is 37.6 Å². The summed E-state index contributed by atoms with van der Waals surface area (Å²) in [7, 11) is -3.55. The number of nitrogens with zero attached hydrogens (tertiary/aromatic N) is 2. The monoisotopic (exact) mass is 508 g/mol. The number of hydrogen-bond acceptors (Lipinski definition) is 7. The van der Waals surface area contributed by atoms with E-state index >= 15 is 0 Å². The van der Waals surface area contributed by atoms with Gasteiger partial charge in [-0.1, -0.05) is 23.7 Å². The zero-order valence-corrected chi connectivity index (χ0v) is 19.3. The van der Waals surface area contributed by atoms with Gasteiger partial charge in [-0.05, 0) is 31.0 Å². The molecule has 1 saturated carbocycles. The number of nitrogens with one attached hydrogen (secondary N) is 4. The third-order valence-corrected chi connectivity index (χ3v) is 5.55. The molecule has 0 spiro atoms. The van der Waals surface area contributed by atoms with Crippen molar-refractivity contribution in [3.8, 4) is 0 Å². The Balaban J connectivity index is 1.56. The Labute approximate surface area is 199 Å². The first-order valence-corrected chi connectivity index (χ1v) is 12.3. The van der Waals surface area contributed by atoms with Crippen LogP contribution in [0.25, 0.3) is 0 Å². The second kappa shape index (κ2) is 9.39. The summed E-state index contributed by atoms with van der Waals surface area (Å²) in [5.74, 6) is -2.49. The van der Waals surface area contributed by atoms with Crippen molar-refractivity contribution < 1.29 is 22.0 Å². The minimum atomic E-state index is -3.55. The van der Waals surface area contributed by atoms with Crippen LogP contribution in [0.5, 0.6) is 0 Å². The number of carbonyl (C=O) groups excluding carboxylic acids is 1. The highest BCUT2D eigenvalue weighted by Gasteiger charge is 2.26. The molecule has 1 fully saturated rings. The number of hydrogen-bond donors (Lipinski definition) is 4. The number of aromatic nitrogens is 2. The number of carbonyl (C=O) groups is 1. The van der Waals surface area contributed by atoms with Gasteiger partial charge in [-0.25, -0.2) is 22.2 Å². The van der Waals surface area contributed by atoms with E-state index in [0.29, 0.717) is 5.69 Å². The maximum Gasteiger partial charge on any atom is 0.254 e. The molecule has 2 aromatic carbocycles. The van der Waals surface area contributed by atoms with Crippen LogP contribution in [-0.4, -0.2) is 36.6 Å². The van der Waals surface area contributed by atoms with Gasteiger partial charge in [0.05, 0.1) is 35.1 Å². The zero-order valence-electron chi connectivity index (χ0n) is 17.7. The molecule has 34 heavy (non-hydrogen) atoms. The second-order valence-corrected chi connectivity index (χ2v) is 9.78. The van der Waals surface area contributed by atoms with Crippen LogP contribution in [-0.2, 0) is 10.0 Å². The number of anilines is 5. The van der Waals surface area contributed by atoms with Crippen LogP contribution in [0.2, 0.25) is 5.02 Å². The van der Waals surface area contributed by atoms with Crippen LogP contribution >= 0.6 is 11.6 Å². The van der Waals surface area contributed by atoms with Gasteiger partial charge in [-0.2, -0.15) is 4.98 Å². The summed E-state index contributed by atoms with van der Waals surface area (Å²) in [6.45, 7) is 0.